The molecule has 0 spiro atoms. The van der Waals surface area contributed by atoms with Crippen LogP contribution in [0.5, 0.6) is 5.75 Å². The molecule has 1 atom stereocenters. The molecule has 0 aliphatic rings. The number of aryl methyl sites for hydroxylation is 1. The largest absolute Gasteiger partial charge is 0.480 e. The van der Waals surface area contributed by atoms with E-state index in [9.17, 15) is 4.79 Å². The molecular weight excluding hydrogens is 228 g/mol. The van der Waals surface area contributed by atoms with Gasteiger partial charge >= 0.3 is 0 Å². The zero-order valence-electron chi connectivity index (χ0n) is 9.29. The topological polar surface area (TPSA) is 64.3 Å². The van der Waals surface area contributed by atoms with Gasteiger partial charge in [-0.25, -0.2) is 5.84 Å². The Balaban J connectivity index is 2.82. The minimum Gasteiger partial charge on any atom is -0.480 e. The number of hydrogen-bond acceptors (Lipinski definition) is 3. The van der Waals surface area contributed by atoms with Gasteiger partial charge in [-0.1, -0.05) is 18.5 Å². The van der Waals surface area contributed by atoms with E-state index in [0.717, 1.165) is 5.56 Å². The molecule has 3 N–H and O–H groups in total. The van der Waals surface area contributed by atoms with Crippen LogP contribution in [0.15, 0.2) is 18.2 Å². The minimum atomic E-state index is -0.579. The molecule has 1 aromatic carbocycles. The van der Waals surface area contributed by atoms with Gasteiger partial charge in [0.25, 0.3) is 5.91 Å². The Bertz CT molecular complexity index is 382. The van der Waals surface area contributed by atoms with E-state index < -0.39 is 6.10 Å². The zero-order chi connectivity index (χ0) is 12.1. The molecule has 0 fully saturated rings. The predicted molar refractivity (Wildman–Crippen MR) is 63.2 cm³/mol. The lowest BCUT2D eigenvalue weighted by Gasteiger charge is -2.17. The zero-order valence-corrected chi connectivity index (χ0v) is 10.0. The van der Waals surface area contributed by atoms with Gasteiger partial charge in [0.05, 0.1) is 0 Å². The first-order valence-electron chi connectivity index (χ1n) is 5.01. The van der Waals surface area contributed by atoms with Crippen LogP contribution in [-0.2, 0) is 4.79 Å². The summed E-state index contributed by atoms with van der Waals surface area (Å²) in [6.07, 6.45) is -0.0321. The predicted octanol–water partition coefficient (Wildman–Crippen LogP) is 1.80. The van der Waals surface area contributed by atoms with Crippen LogP contribution in [0.25, 0.3) is 0 Å². The van der Waals surface area contributed by atoms with E-state index in [4.69, 9.17) is 22.2 Å². The molecule has 0 saturated carbocycles. The molecule has 88 valence electrons. The van der Waals surface area contributed by atoms with Crippen molar-refractivity contribution >= 4 is 17.5 Å². The Hall–Kier alpha value is -1.26. The van der Waals surface area contributed by atoms with Crippen molar-refractivity contribution in [1.82, 2.24) is 5.43 Å². The summed E-state index contributed by atoms with van der Waals surface area (Å²) < 4.78 is 5.55. The number of nitrogens with two attached hydrogens (primary N) is 1. The number of carbonyl (C=O) groups excluding carboxylic acids is 1. The number of rotatable bonds is 4. The van der Waals surface area contributed by atoms with Crippen molar-refractivity contribution in [2.45, 2.75) is 26.4 Å². The molecule has 4 nitrogen and oxygen atoms in total. The van der Waals surface area contributed by atoms with Crippen LogP contribution in [0, 0.1) is 6.92 Å². The van der Waals surface area contributed by atoms with Gasteiger partial charge in [-0.3, -0.25) is 10.2 Å². The maximum absolute atomic E-state index is 11.3. The standard InChI is InChI=1S/C11H15ClN2O2/c1-3-9(11(15)14-13)16-10-5-4-8(12)6-7(10)2/h4-6,9H,3,13H2,1-2H3,(H,14,15). The highest BCUT2D eigenvalue weighted by atomic mass is 35.5. The fourth-order valence-corrected chi connectivity index (χ4v) is 1.54. The van der Waals surface area contributed by atoms with E-state index in [2.05, 4.69) is 5.43 Å². The van der Waals surface area contributed by atoms with E-state index in [1.54, 1.807) is 18.2 Å². The lowest BCUT2D eigenvalue weighted by molar-refractivity contribution is -0.128. The molecule has 1 amide bonds. The number of hydrazine groups is 1. The Kier molecular flexibility index (Phi) is 4.58. The number of halogens is 1. The van der Waals surface area contributed by atoms with Crippen LogP contribution in [-0.4, -0.2) is 12.0 Å². The molecule has 1 rings (SSSR count). The van der Waals surface area contributed by atoms with E-state index in [1.807, 2.05) is 13.8 Å². The van der Waals surface area contributed by atoms with Crippen molar-refractivity contribution in [3.8, 4) is 5.75 Å². The van der Waals surface area contributed by atoms with Crippen molar-refractivity contribution in [2.24, 2.45) is 5.84 Å². The van der Waals surface area contributed by atoms with E-state index in [1.165, 1.54) is 0 Å². The quantitative estimate of drug-likeness (QED) is 0.481. The second kappa shape index (κ2) is 5.72. The first-order valence-corrected chi connectivity index (χ1v) is 5.39. The SMILES string of the molecule is CCC(Oc1ccc(Cl)cc1C)C(=O)NN. The number of hydrogen-bond donors (Lipinski definition) is 2. The number of ether oxygens (including phenoxy) is 1. The molecule has 16 heavy (non-hydrogen) atoms. The molecule has 5 heteroatoms. The number of nitrogens with one attached hydrogen (secondary N) is 1. The molecule has 1 aromatic rings. The highest BCUT2D eigenvalue weighted by Crippen LogP contribution is 2.23. The molecule has 1 unspecified atom stereocenters. The first-order chi connectivity index (χ1) is 7.58. The fraction of sp³-hybridized carbons (Fsp3) is 0.364. The highest BCUT2D eigenvalue weighted by molar-refractivity contribution is 6.30. The lowest BCUT2D eigenvalue weighted by Crippen LogP contribution is -2.41. The van der Waals surface area contributed by atoms with Gasteiger partial charge in [0.15, 0.2) is 6.10 Å². The normalized spacial score (nSPS) is 12.0. The van der Waals surface area contributed by atoms with Gasteiger partial charge in [0.1, 0.15) is 5.75 Å². The van der Waals surface area contributed by atoms with Crippen molar-refractivity contribution in [3.63, 3.8) is 0 Å². The van der Waals surface area contributed by atoms with Crippen molar-refractivity contribution in [2.75, 3.05) is 0 Å². The molecule has 0 radical (unpaired) electrons. The van der Waals surface area contributed by atoms with Crippen LogP contribution in [0.3, 0.4) is 0 Å². The van der Waals surface area contributed by atoms with Crippen molar-refractivity contribution < 1.29 is 9.53 Å². The van der Waals surface area contributed by atoms with Gasteiger partial charge in [0.2, 0.25) is 0 Å². The van der Waals surface area contributed by atoms with Gasteiger partial charge < -0.3 is 4.74 Å². The van der Waals surface area contributed by atoms with E-state index in [0.29, 0.717) is 17.2 Å². The summed E-state index contributed by atoms with van der Waals surface area (Å²) in [5.74, 6) is 5.37. The maximum Gasteiger partial charge on any atom is 0.274 e. The van der Waals surface area contributed by atoms with Crippen LogP contribution in [0.1, 0.15) is 18.9 Å². The van der Waals surface area contributed by atoms with Crippen LogP contribution in [0.2, 0.25) is 5.02 Å². The average molecular weight is 243 g/mol. The molecule has 0 aliphatic heterocycles. The summed E-state index contributed by atoms with van der Waals surface area (Å²) in [4.78, 5) is 11.3. The fourth-order valence-electron chi connectivity index (χ4n) is 1.31. The lowest BCUT2D eigenvalue weighted by atomic mass is 10.2. The summed E-state index contributed by atoms with van der Waals surface area (Å²) in [6, 6.07) is 5.24. The third-order valence-electron chi connectivity index (χ3n) is 2.21. The van der Waals surface area contributed by atoms with Crippen LogP contribution >= 0.6 is 11.6 Å². The number of carbonyl (C=O) groups is 1. The average Bonchev–Trinajstić information content (AvgIpc) is 2.27. The second-order valence-corrected chi connectivity index (χ2v) is 3.87. The highest BCUT2D eigenvalue weighted by Gasteiger charge is 2.17. The number of benzene rings is 1. The van der Waals surface area contributed by atoms with Gasteiger partial charge in [-0.05, 0) is 37.1 Å². The Morgan fingerprint density at radius 1 is 1.62 bits per heavy atom. The molecule has 0 aliphatic carbocycles. The summed E-state index contributed by atoms with van der Waals surface area (Å²) >= 11 is 5.82. The third-order valence-corrected chi connectivity index (χ3v) is 2.45. The van der Waals surface area contributed by atoms with Gasteiger partial charge in [0, 0.05) is 5.02 Å². The number of amides is 1. The van der Waals surface area contributed by atoms with E-state index in [-0.39, 0.29) is 5.91 Å². The second-order valence-electron chi connectivity index (χ2n) is 3.43. The van der Waals surface area contributed by atoms with Gasteiger partial charge in [-0.2, -0.15) is 0 Å². The summed E-state index contributed by atoms with van der Waals surface area (Å²) in [6.45, 7) is 3.72. The van der Waals surface area contributed by atoms with Crippen LogP contribution in [0.4, 0.5) is 0 Å². The Labute approximate surface area is 99.7 Å². The third kappa shape index (κ3) is 3.12. The van der Waals surface area contributed by atoms with E-state index >= 15 is 0 Å². The molecular formula is C11H15ClN2O2. The smallest absolute Gasteiger partial charge is 0.274 e. The Morgan fingerprint density at radius 2 is 2.31 bits per heavy atom. The van der Waals surface area contributed by atoms with Crippen LogP contribution < -0.4 is 16.0 Å². The summed E-state index contributed by atoms with van der Waals surface area (Å²) in [5, 5.41) is 0.640. The molecule has 0 bridgehead atoms. The molecule has 0 saturated heterocycles. The minimum absolute atomic E-state index is 0.336. The maximum atomic E-state index is 11.3. The monoisotopic (exact) mass is 242 g/mol. The van der Waals surface area contributed by atoms with Crippen molar-refractivity contribution in [3.05, 3.63) is 28.8 Å². The van der Waals surface area contributed by atoms with Gasteiger partial charge in [-0.15, -0.1) is 0 Å². The molecule has 0 heterocycles. The summed E-state index contributed by atoms with van der Waals surface area (Å²) in [7, 11) is 0. The van der Waals surface area contributed by atoms with Crippen molar-refractivity contribution in [1.29, 1.82) is 0 Å². The summed E-state index contributed by atoms with van der Waals surface area (Å²) in [5.41, 5.74) is 2.96. The Morgan fingerprint density at radius 3 is 2.81 bits per heavy atom. The molecule has 0 aromatic heterocycles. The first kappa shape index (κ1) is 12.8.